The Labute approximate surface area is 112 Å². The van der Waals surface area contributed by atoms with Crippen molar-refractivity contribution in [1.82, 2.24) is 0 Å². The first-order valence-corrected chi connectivity index (χ1v) is 6.13. The first kappa shape index (κ1) is 12.7. The van der Waals surface area contributed by atoms with E-state index < -0.39 is 0 Å². The summed E-state index contributed by atoms with van der Waals surface area (Å²) in [4.78, 5) is 11.8. The smallest absolute Gasteiger partial charge is 0.228 e. The molecule has 2 aromatic carbocycles. The Morgan fingerprint density at radius 3 is 2.56 bits per heavy atom. The van der Waals surface area contributed by atoms with Crippen molar-refractivity contribution >= 4 is 23.2 Å². The van der Waals surface area contributed by atoms with E-state index in [0.29, 0.717) is 17.1 Å². The lowest BCUT2D eigenvalue weighted by Gasteiger charge is -2.07. The van der Waals surface area contributed by atoms with Crippen molar-refractivity contribution in [2.24, 2.45) is 0 Å². The van der Waals surface area contributed by atoms with Crippen LogP contribution in [0, 0.1) is 6.92 Å². The van der Waals surface area contributed by atoms with E-state index in [4.69, 9.17) is 11.6 Å². The maximum absolute atomic E-state index is 11.8. The van der Waals surface area contributed by atoms with Gasteiger partial charge in [-0.15, -0.1) is 0 Å². The third kappa shape index (κ3) is 3.34. The first-order valence-electron chi connectivity index (χ1n) is 5.75. The number of hydrogen-bond donors (Lipinski definition) is 1. The minimum atomic E-state index is -0.0630. The van der Waals surface area contributed by atoms with Crippen molar-refractivity contribution in [1.29, 1.82) is 0 Å². The van der Waals surface area contributed by atoms with E-state index in [9.17, 15) is 4.79 Å². The zero-order chi connectivity index (χ0) is 13.0. The molecule has 1 amide bonds. The molecule has 0 aromatic heterocycles. The molecule has 2 rings (SSSR count). The minimum Gasteiger partial charge on any atom is -0.324 e. The van der Waals surface area contributed by atoms with Gasteiger partial charge in [-0.2, -0.15) is 0 Å². The van der Waals surface area contributed by atoms with Crippen LogP contribution < -0.4 is 5.32 Å². The average Bonchev–Trinajstić information content (AvgIpc) is 2.34. The topological polar surface area (TPSA) is 29.1 Å². The van der Waals surface area contributed by atoms with Crippen molar-refractivity contribution in [2.45, 2.75) is 13.3 Å². The average molecular weight is 260 g/mol. The summed E-state index contributed by atoms with van der Waals surface area (Å²) in [5.74, 6) is -0.0630. The lowest BCUT2D eigenvalue weighted by Crippen LogP contribution is -2.14. The number of anilines is 1. The van der Waals surface area contributed by atoms with Crippen LogP contribution in [-0.4, -0.2) is 5.91 Å². The van der Waals surface area contributed by atoms with Crippen molar-refractivity contribution in [3.05, 3.63) is 64.7 Å². The highest BCUT2D eigenvalue weighted by Crippen LogP contribution is 2.22. The highest BCUT2D eigenvalue weighted by atomic mass is 35.5. The number of amides is 1. The van der Waals surface area contributed by atoms with Gasteiger partial charge in [-0.3, -0.25) is 4.79 Å². The first-order chi connectivity index (χ1) is 8.65. The molecule has 0 heterocycles. The second-order valence-electron chi connectivity index (χ2n) is 4.19. The molecule has 0 fully saturated rings. The van der Waals surface area contributed by atoms with Crippen LogP contribution in [0.15, 0.2) is 48.5 Å². The summed E-state index contributed by atoms with van der Waals surface area (Å²) in [5, 5.41) is 3.38. The molecular weight excluding hydrogens is 246 g/mol. The number of nitrogens with one attached hydrogen (secondary N) is 1. The number of halogens is 1. The van der Waals surface area contributed by atoms with Gasteiger partial charge in [0.1, 0.15) is 0 Å². The van der Waals surface area contributed by atoms with E-state index in [1.165, 1.54) is 0 Å². The molecule has 0 aliphatic rings. The predicted octanol–water partition coefficient (Wildman–Crippen LogP) is 3.83. The Balaban J connectivity index is 2.03. The quantitative estimate of drug-likeness (QED) is 0.892. The standard InChI is InChI=1S/C15H14ClNO/c1-11-7-8-14(13(16)9-11)17-15(18)10-12-5-3-2-4-6-12/h2-9H,10H2,1H3,(H,17,18). The fourth-order valence-electron chi connectivity index (χ4n) is 1.70. The number of hydrogen-bond acceptors (Lipinski definition) is 1. The van der Waals surface area contributed by atoms with E-state index in [1.54, 1.807) is 0 Å². The summed E-state index contributed by atoms with van der Waals surface area (Å²) >= 11 is 6.06. The summed E-state index contributed by atoms with van der Waals surface area (Å²) in [5.41, 5.74) is 2.71. The number of benzene rings is 2. The summed E-state index contributed by atoms with van der Waals surface area (Å²) in [6, 6.07) is 15.2. The summed E-state index contributed by atoms with van der Waals surface area (Å²) in [6.07, 6.45) is 0.352. The van der Waals surface area contributed by atoms with E-state index in [2.05, 4.69) is 5.32 Å². The fraction of sp³-hybridized carbons (Fsp3) is 0.133. The number of carbonyl (C=O) groups excluding carboxylic acids is 1. The van der Waals surface area contributed by atoms with Crippen LogP contribution >= 0.6 is 11.6 Å². The third-order valence-electron chi connectivity index (χ3n) is 2.61. The Hall–Kier alpha value is -1.80. The highest BCUT2D eigenvalue weighted by Gasteiger charge is 2.06. The lowest BCUT2D eigenvalue weighted by molar-refractivity contribution is -0.115. The van der Waals surface area contributed by atoms with Crippen molar-refractivity contribution < 1.29 is 4.79 Å². The molecule has 1 N–H and O–H groups in total. The molecule has 0 saturated heterocycles. The zero-order valence-corrected chi connectivity index (χ0v) is 10.9. The molecule has 18 heavy (non-hydrogen) atoms. The number of aryl methyl sites for hydroxylation is 1. The van der Waals surface area contributed by atoms with Crippen molar-refractivity contribution in [3.8, 4) is 0 Å². The van der Waals surface area contributed by atoms with Crippen molar-refractivity contribution in [3.63, 3.8) is 0 Å². The lowest BCUT2D eigenvalue weighted by atomic mass is 10.1. The predicted molar refractivity (Wildman–Crippen MR) is 75.0 cm³/mol. The van der Waals surface area contributed by atoms with Crippen LogP contribution in [0.4, 0.5) is 5.69 Å². The van der Waals surface area contributed by atoms with Crippen LogP contribution in [0.5, 0.6) is 0 Å². The molecule has 0 unspecified atom stereocenters. The van der Waals surface area contributed by atoms with E-state index >= 15 is 0 Å². The van der Waals surface area contributed by atoms with Gasteiger partial charge in [0.15, 0.2) is 0 Å². The minimum absolute atomic E-state index is 0.0630. The summed E-state index contributed by atoms with van der Waals surface area (Å²) < 4.78 is 0. The van der Waals surface area contributed by atoms with Gasteiger partial charge >= 0.3 is 0 Å². The van der Waals surface area contributed by atoms with E-state index in [-0.39, 0.29) is 5.91 Å². The number of carbonyl (C=O) groups is 1. The molecule has 0 bridgehead atoms. The van der Waals surface area contributed by atoms with Gasteiger partial charge < -0.3 is 5.32 Å². The second-order valence-corrected chi connectivity index (χ2v) is 4.60. The molecule has 3 heteroatoms. The monoisotopic (exact) mass is 259 g/mol. The highest BCUT2D eigenvalue weighted by molar-refractivity contribution is 6.33. The van der Waals surface area contributed by atoms with Gasteiger partial charge in [0.2, 0.25) is 5.91 Å². The SMILES string of the molecule is Cc1ccc(NC(=O)Cc2ccccc2)c(Cl)c1. The van der Waals surface area contributed by atoms with Crippen LogP contribution in [-0.2, 0) is 11.2 Å². The Morgan fingerprint density at radius 2 is 1.89 bits per heavy atom. The molecule has 2 aromatic rings. The largest absolute Gasteiger partial charge is 0.324 e. The Bertz CT molecular complexity index is 552. The van der Waals surface area contributed by atoms with Gasteiger partial charge in [0.25, 0.3) is 0 Å². The van der Waals surface area contributed by atoms with Crippen LogP contribution in [0.1, 0.15) is 11.1 Å². The summed E-state index contributed by atoms with van der Waals surface area (Å²) in [6.45, 7) is 1.96. The van der Waals surface area contributed by atoms with Crippen LogP contribution in [0.3, 0.4) is 0 Å². The Kier molecular flexibility index (Phi) is 4.00. The maximum atomic E-state index is 11.8. The normalized spacial score (nSPS) is 10.1. The molecule has 0 radical (unpaired) electrons. The molecule has 2 nitrogen and oxygen atoms in total. The molecule has 0 aliphatic carbocycles. The summed E-state index contributed by atoms with van der Waals surface area (Å²) in [7, 11) is 0. The molecule has 0 saturated carbocycles. The van der Waals surface area contributed by atoms with E-state index in [1.807, 2.05) is 55.5 Å². The molecule has 0 aliphatic heterocycles. The van der Waals surface area contributed by atoms with Gasteiger partial charge in [-0.05, 0) is 30.2 Å². The maximum Gasteiger partial charge on any atom is 0.228 e. The van der Waals surface area contributed by atoms with E-state index in [0.717, 1.165) is 11.1 Å². The third-order valence-corrected chi connectivity index (χ3v) is 2.92. The fourth-order valence-corrected chi connectivity index (χ4v) is 1.98. The van der Waals surface area contributed by atoms with Crippen LogP contribution in [0.25, 0.3) is 0 Å². The molecule has 92 valence electrons. The van der Waals surface area contributed by atoms with Gasteiger partial charge in [-0.1, -0.05) is 48.0 Å². The number of rotatable bonds is 3. The van der Waals surface area contributed by atoms with Gasteiger partial charge in [0.05, 0.1) is 17.1 Å². The molecule has 0 spiro atoms. The van der Waals surface area contributed by atoms with Crippen molar-refractivity contribution in [2.75, 3.05) is 5.32 Å². The van der Waals surface area contributed by atoms with Crippen LogP contribution in [0.2, 0.25) is 5.02 Å². The second kappa shape index (κ2) is 5.69. The molecule has 0 atom stereocenters. The Morgan fingerprint density at radius 1 is 1.17 bits per heavy atom. The molecular formula is C15H14ClNO. The zero-order valence-electron chi connectivity index (χ0n) is 10.1. The van der Waals surface area contributed by atoms with Gasteiger partial charge in [-0.25, -0.2) is 0 Å². The van der Waals surface area contributed by atoms with Gasteiger partial charge in [0, 0.05) is 0 Å².